The molecule has 3 rings (SSSR count). The lowest BCUT2D eigenvalue weighted by molar-refractivity contribution is -0.205. The van der Waals surface area contributed by atoms with Crippen molar-refractivity contribution in [1.29, 1.82) is 0 Å². The number of piperazine rings is 1. The van der Waals surface area contributed by atoms with E-state index in [1.165, 1.54) is 16.5 Å². The van der Waals surface area contributed by atoms with Gasteiger partial charge in [-0.25, -0.2) is 14.2 Å². The lowest BCUT2D eigenvalue weighted by atomic mass is 10.3. The van der Waals surface area contributed by atoms with Gasteiger partial charge in [0, 0.05) is 20.1 Å². The second-order valence-electron chi connectivity index (χ2n) is 7.01. The molecule has 0 saturated carbocycles. The lowest BCUT2D eigenvalue weighted by Gasteiger charge is -2.36. The first-order chi connectivity index (χ1) is 15.6. The third-order valence-corrected chi connectivity index (χ3v) is 4.97. The van der Waals surface area contributed by atoms with Crippen LogP contribution in [-0.2, 0) is 29.7 Å². The number of esters is 1. The number of ether oxygens (including phenoxy) is 1. The SMILES string of the molecule is CC#CCn1c(=O)c2c(nc(N3CCNCC3OC(=O)C(F)(F)F)n2CC#CC)n(C)c1=O. The molecule has 10 nitrogen and oxygen atoms in total. The fourth-order valence-corrected chi connectivity index (χ4v) is 3.39. The van der Waals surface area contributed by atoms with Gasteiger partial charge in [0.05, 0.1) is 19.6 Å². The number of rotatable bonds is 4. The van der Waals surface area contributed by atoms with Crippen molar-refractivity contribution in [3.05, 3.63) is 20.8 Å². The van der Waals surface area contributed by atoms with Crippen molar-refractivity contribution in [1.82, 2.24) is 24.0 Å². The highest BCUT2D eigenvalue weighted by Gasteiger charge is 2.44. The normalized spacial score (nSPS) is 16.1. The first-order valence-electron chi connectivity index (χ1n) is 9.86. The van der Waals surface area contributed by atoms with Gasteiger partial charge in [0.15, 0.2) is 17.4 Å². The van der Waals surface area contributed by atoms with Crippen molar-refractivity contribution in [3.8, 4) is 23.7 Å². The number of alkyl halides is 3. The number of hydrogen-bond acceptors (Lipinski definition) is 7. The summed E-state index contributed by atoms with van der Waals surface area (Å²) in [6.07, 6.45) is -6.52. The molecule has 0 aliphatic carbocycles. The highest BCUT2D eigenvalue weighted by molar-refractivity contribution is 5.77. The molecule has 0 aromatic carbocycles. The highest BCUT2D eigenvalue weighted by atomic mass is 19.4. The van der Waals surface area contributed by atoms with Gasteiger partial charge in [0.2, 0.25) is 5.95 Å². The minimum absolute atomic E-state index is 0.0260. The Balaban J connectivity index is 2.23. The van der Waals surface area contributed by atoms with Gasteiger partial charge < -0.3 is 15.0 Å². The number of anilines is 1. The maximum atomic E-state index is 13.2. The number of imidazole rings is 1. The molecule has 1 N–H and O–H groups in total. The fraction of sp³-hybridized carbons (Fsp3) is 0.500. The van der Waals surface area contributed by atoms with Gasteiger partial charge in [-0.2, -0.15) is 18.2 Å². The Morgan fingerprint density at radius 3 is 2.42 bits per heavy atom. The Morgan fingerprint density at radius 1 is 1.18 bits per heavy atom. The summed E-state index contributed by atoms with van der Waals surface area (Å²) in [6.45, 7) is 3.37. The number of aryl methyl sites for hydroxylation is 1. The Hall–Kier alpha value is -3.71. The molecule has 33 heavy (non-hydrogen) atoms. The van der Waals surface area contributed by atoms with Crippen molar-refractivity contribution in [3.63, 3.8) is 0 Å². The predicted octanol–water partition coefficient (Wildman–Crippen LogP) is -0.215. The molecule has 2 aromatic heterocycles. The second-order valence-corrected chi connectivity index (χ2v) is 7.01. The van der Waals surface area contributed by atoms with Crippen molar-refractivity contribution in [2.45, 2.75) is 39.3 Å². The molecule has 1 aliphatic heterocycles. The highest BCUT2D eigenvalue weighted by Crippen LogP contribution is 2.25. The van der Waals surface area contributed by atoms with Crippen LogP contribution in [0.5, 0.6) is 0 Å². The summed E-state index contributed by atoms with van der Waals surface area (Å²) in [5.41, 5.74) is -1.25. The van der Waals surface area contributed by atoms with Crippen LogP contribution in [-0.4, -0.2) is 56.7 Å². The molecule has 1 atom stereocenters. The van der Waals surface area contributed by atoms with Gasteiger partial charge in [-0.05, 0) is 13.8 Å². The number of halogens is 3. The minimum atomic E-state index is -5.17. The zero-order valence-corrected chi connectivity index (χ0v) is 18.1. The Bertz CT molecular complexity index is 1320. The monoisotopic (exact) mass is 466 g/mol. The summed E-state index contributed by atoms with van der Waals surface area (Å²) in [5, 5.41) is 2.86. The third kappa shape index (κ3) is 4.59. The second kappa shape index (κ2) is 9.42. The van der Waals surface area contributed by atoms with E-state index < -0.39 is 29.6 Å². The molecule has 0 radical (unpaired) electrons. The topological polar surface area (TPSA) is 103 Å². The summed E-state index contributed by atoms with van der Waals surface area (Å²) in [7, 11) is 1.42. The van der Waals surface area contributed by atoms with E-state index in [0.717, 1.165) is 9.13 Å². The van der Waals surface area contributed by atoms with E-state index in [2.05, 4.69) is 38.7 Å². The molecule has 0 bridgehead atoms. The zero-order valence-electron chi connectivity index (χ0n) is 18.1. The van der Waals surface area contributed by atoms with Gasteiger partial charge in [0.25, 0.3) is 5.56 Å². The molecule has 0 spiro atoms. The fourth-order valence-electron chi connectivity index (χ4n) is 3.39. The third-order valence-electron chi connectivity index (χ3n) is 4.97. The Kier molecular flexibility index (Phi) is 6.84. The number of nitrogens with zero attached hydrogens (tertiary/aromatic N) is 5. The van der Waals surface area contributed by atoms with Gasteiger partial charge in [-0.1, -0.05) is 11.8 Å². The van der Waals surface area contributed by atoms with E-state index in [4.69, 9.17) is 0 Å². The van der Waals surface area contributed by atoms with E-state index in [1.807, 2.05) is 0 Å². The number of hydrogen-bond donors (Lipinski definition) is 1. The maximum absolute atomic E-state index is 13.2. The molecule has 3 heterocycles. The Labute approximate surface area is 185 Å². The van der Waals surface area contributed by atoms with Crippen LogP contribution in [0.1, 0.15) is 13.8 Å². The van der Waals surface area contributed by atoms with Gasteiger partial charge in [-0.15, -0.1) is 11.8 Å². The van der Waals surface area contributed by atoms with Crippen LogP contribution in [0.15, 0.2) is 9.59 Å². The number of carbonyl (C=O) groups is 1. The average Bonchev–Trinajstić information content (AvgIpc) is 3.15. The van der Waals surface area contributed by atoms with Crippen LogP contribution in [0.2, 0.25) is 0 Å². The zero-order chi connectivity index (χ0) is 24.3. The van der Waals surface area contributed by atoms with E-state index in [-0.39, 0.29) is 43.3 Å². The van der Waals surface area contributed by atoms with Crippen LogP contribution in [0.4, 0.5) is 19.1 Å². The van der Waals surface area contributed by atoms with E-state index >= 15 is 0 Å². The van der Waals surface area contributed by atoms with Crippen LogP contribution < -0.4 is 21.5 Å². The van der Waals surface area contributed by atoms with E-state index in [0.29, 0.717) is 6.54 Å². The van der Waals surface area contributed by atoms with Crippen LogP contribution in [0, 0.1) is 23.7 Å². The minimum Gasteiger partial charge on any atom is -0.433 e. The first-order valence-corrected chi connectivity index (χ1v) is 9.86. The molecule has 2 aromatic rings. The molecule has 1 saturated heterocycles. The van der Waals surface area contributed by atoms with Gasteiger partial charge in [-0.3, -0.25) is 13.9 Å². The average molecular weight is 466 g/mol. The predicted molar refractivity (Wildman–Crippen MR) is 112 cm³/mol. The first kappa shape index (κ1) is 23.9. The largest absolute Gasteiger partial charge is 0.491 e. The lowest BCUT2D eigenvalue weighted by Crippen LogP contribution is -2.55. The summed E-state index contributed by atoms with van der Waals surface area (Å²) in [5.74, 6) is 8.51. The number of aromatic nitrogens is 4. The smallest absolute Gasteiger partial charge is 0.433 e. The Morgan fingerprint density at radius 2 is 1.82 bits per heavy atom. The molecule has 13 heteroatoms. The van der Waals surface area contributed by atoms with E-state index in [9.17, 15) is 27.6 Å². The van der Waals surface area contributed by atoms with Crippen molar-refractivity contribution in [2.24, 2.45) is 7.05 Å². The number of nitrogens with one attached hydrogen (secondary N) is 1. The molecule has 1 unspecified atom stereocenters. The summed E-state index contributed by atoms with van der Waals surface area (Å²) >= 11 is 0. The summed E-state index contributed by atoms with van der Waals surface area (Å²) in [6, 6.07) is 0. The molecular formula is C20H21F3N6O4. The van der Waals surface area contributed by atoms with Gasteiger partial charge >= 0.3 is 17.8 Å². The molecule has 176 valence electrons. The number of carbonyl (C=O) groups excluding carboxylic acids is 1. The summed E-state index contributed by atoms with van der Waals surface area (Å²) in [4.78, 5) is 43.1. The quantitative estimate of drug-likeness (QED) is 0.491. The maximum Gasteiger partial charge on any atom is 0.491 e. The van der Waals surface area contributed by atoms with Crippen LogP contribution in [0.3, 0.4) is 0 Å². The standard InChI is InChI=1S/C20H21F3N6O4/c1-4-6-9-28-14-15(26(3)19(32)29(16(14)30)10-7-5-2)25-18(28)27-11-8-24-12-13(27)33-17(31)20(21,22)23/h13,24H,8-12H2,1-3H3. The van der Waals surface area contributed by atoms with Gasteiger partial charge in [0.1, 0.15) is 0 Å². The van der Waals surface area contributed by atoms with Crippen LogP contribution >= 0.6 is 0 Å². The molecule has 1 aliphatic rings. The van der Waals surface area contributed by atoms with Crippen molar-refractivity contribution in [2.75, 3.05) is 24.5 Å². The molecule has 1 fully saturated rings. The van der Waals surface area contributed by atoms with E-state index in [1.54, 1.807) is 13.8 Å². The number of fused-ring (bicyclic) bond motifs is 1. The van der Waals surface area contributed by atoms with Crippen molar-refractivity contribution >= 4 is 23.1 Å². The molecule has 0 amide bonds. The molecular weight excluding hydrogens is 445 g/mol. The van der Waals surface area contributed by atoms with Crippen molar-refractivity contribution < 1.29 is 22.7 Å². The summed E-state index contributed by atoms with van der Waals surface area (Å²) < 4.78 is 46.6. The van der Waals surface area contributed by atoms with Crippen LogP contribution in [0.25, 0.3) is 11.2 Å².